The van der Waals surface area contributed by atoms with Crippen molar-refractivity contribution in [1.29, 1.82) is 0 Å². The molecule has 0 radical (unpaired) electrons. The molecule has 0 aliphatic rings. The summed E-state index contributed by atoms with van der Waals surface area (Å²) < 4.78 is 0. The monoisotopic (exact) mass is 298 g/mol. The molecule has 0 heterocycles. The maximum Gasteiger partial charge on any atom is 0.0842 e. The number of aliphatic hydroxyl groups excluding tert-OH is 1. The van der Waals surface area contributed by atoms with Gasteiger partial charge >= 0.3 is 0 Å². The molecule has 0 amide bonds. The standard InChI is InChI=1S/C22H18O/c23-22(17-19-11-5-2-6-12-19)21-14-8-7-13-20(21)16-15-18-9-3-1-4-10-18/h1-14,22-23H,17H2. The molecule has 112 valence electrons. The summed E-state index contributed by atoms with van der Waals surface area (Å²) in [4.78, 5) is 0. The molecule has 3 rings (SSSR count). The zero-order valence-electron chi connectivity index (χ0n) is 12.8. The molecule has 23 heavy (non-hydrogen) atoms. The van der Waals surface area contributed by atoms with E-state index in [1.165, 1.54) is 0 Å². The third-order valence-corrected chi connectivity index (χ3v) is 3.71. The summed E-state index contributed by atoms with van der Waals surface area (Å²) in [6.45, 7) is 0. The van der Waals surface area contributed by atoms with Gasteiger partial charge in [-0.05, 0) is 29.3 Å². The van der Waals surface area contributed by atoms with Gasteiger partial charge in [-0.1, -0.05) is 78.6 Å². The Balaban J connectivity index is 1.85. The summed E-state index contributed by atoms with van der Waals surface area (Å²) in [5.74, 6) is 6.35. The zero-order chi connectivity index (χ0) is 15.9. The van der Waals surface area contributed by atoms with E-state index in [-0.39, 0.29) is 0 Å². The molecule has 1 nitrogen and oxygen atoms in total. The molecule has 1 unspecified atom stereocenters. The Morgan fingerprint density at radius 1 is 0.696 bits per heavy atom. The van der Waals surface area contributed by atoms with Crippen molar-refractivity contribution in [3.63, 3.8) is 0 Å². The minimum Gasteiger partial charge on any atom is -0.388 e. The SMILES string of the molecule is OC(Cc1ccccc1)c1ccccc1C#Cc1ccccc1. The van der Waals surface area contributed by atoms with Crippen LogP contribution in [0.25, 0.3) is 0 Å². The van der Waals surface area contributed by atoms with Crippen molar-refractivity contribution < 1.29 is 5.11 Å². The van der Waals surface area contributed by atoms with Crippen molar-refractivity contribution in [3.8, 4) is 11.8 Å². The largest absolute Gasteiger partial charge is 0.388 e. The van der Waals surface area contributed by atoms with Crippen LogP contribution in [0.2, 0.25) is 0 Å². The topological polar surface area (TPSA) is 20.2 Å². The molecule has 0 aliphatic heterocycles. The summed E-state index contributed by atoms with van der Waals surface area (Å²) >= 11 is 0. The van der Waals surface area contributed by atoms with E-state index in [0.717, 1.165) is 22.3 Å². The van der Waals surface area contributed by atoms with E-state index in [2.05, 4.69) is 11.8 Å². The van der Waals surface area contributed by atoms with E-state index in [9.17, 15) is 5.11 Å². The van der Waals surface area contributed by atoms with E-state index in [1.807, 2.05) is 84.9 Å². The average molecular weight is 298 g/mol. The average Bonchev–Trinajstić information content (AvgIpc) is 2.62. The highest BCUT2D eigenvalue weighted by Crippen LogP contribution is 2.21. The predicted molar refractivity (Wildman–Crippen MR) is 94.0 cm³/mol. The third-order valence-electron chi connectivity index (χ3n) is 3.71. The molecule has 0 saturated heterocycles. The molecule has 1 N–H and O–H groups in total. The minimum absolute atomic E-state index is 0.557. The van der Waals surface area contributed by atoms with Crippen LogP contribution in [0.1, 0.15) is 28.4 Å². The van der Waals surface area contributed by atoms with Crippen LogP contribution in [-0.2, 0) is 6.42 Å². The molecule has 0 aromatic heterocycles. The Morgan fingerprint density at radius 3 is 2.04 bits per heavy atom. The van der Waals surface area contributed by atoms with Crippen molar-refractivity contribution in [2.75, 3.05) is 0 Å². The fourth-order valence-corrected chi connectivity index (χ4v) is 2.51. The van der Waals surface area contributed by atoms with E-state index in [0.29, 0.717) is 6.42 Å². The highest BCUT2D eigenvalue weighted by Gasteiger charge is 2.11. The lowest BCUT2D eigenvalue weighted by atomic mass is 9.97. The Kier molecular flexibility index (Phi) is 4.88. The lowest BCUT2D eigenvalue weighted by Crippen LogP contribution is -2.04. The predicted octanol–water partition coefficient (Wildman–Crippen LogP) is 4.36. The van der Waals surface area contributed by atoms with Crippen molar-refractivity contribution in [2.24, 2.45) is 0 Å². The van der Waals surface area contributed by atoms with Gasteiger partial charge in [0.2, 0.25) is 0 Å². The number of hydrogen-bond donors (Lipinski definition) is 1. The van der Waals surface area contributed by atoms with Crippen LogP contribution >= 0.6 is 0 Å². The summed E-state index contributed by atoms with van der Waals surface area (Å²) in [5.41, 5.74) is 3.84. The molecule has 1 atom stereocenters. The summed E-state index contributed by atoms with van der Waals surface area (Å²) in [7, 11) is 0. The number of aliphatic hydroxyl groups is 1. The van der Waals surface area contributed by atoms with Crippen LogP contribution in [-0.4, -0.2) is 5.11 Å². The first-order chi connectivity index (χ1) is 11.3. The Bertz CT molecular complexity index is 811. The van der Waals surface area contributed by atoms with Crippen molar-refractivity contribution in [3.05, 3.63) is 107 Å². The Labute approximate surface area is 137 Å². The maximum atomic E-state index is 10.6. The summed E-state index contributed by atoms with van der Waals surface area (Å²) in [6.07, 6.45) is 0.0314. The first-order valence-electron chi connectivity index (χ1n) is 7.71. The van der Waals surface area contributed by atoms with Crippen molar-refractivity contribution in [1.82, 2.24) is 0 Å². The van der Waals surface area contributed by atoms with E-state index in [4.69, 9.17) is 0 Å². The normalized spacial score (nSPS) is 11.3. The van der Waals surface area contributed by atoms with Gasteiger partial charge in [0.1, 0.15) is 0 Å². The fourth-order valence-electron chi connectivity index (χ4n) is 2.51. The number of hydrogen-bond acceptors (Lipinski definition) is 1. The molecular formula is C22H18O. The molecule has 0 aliphatic carbocycles. The number of rotatable bonds is 3. The van der Waals surface area contributed by atoms with Gasteiger partial charge in [-0.25, -0.2) is 0 Å². The quantitative estimate of drug-likeness (QED) is 0.712. The van der Waals surface area contributed by atoms with Crippen LogP contribution in [0.4, 0.5) is 0 Å². The van der Waals surface area contributed by atoms with Gasteiger partial charge in [-0.3, -0.25) is 0 Å². The van der Waals surface area contributed by atoms with Gasteiger partial charge in [-0.2, -0.15) is 0 Å². The minimum atomic E-state index is -0.557. The number of benzene rings is 3. The lowest BCUT2D eigenvalue weighted by molar-refractivity contribution is 0.178. The fraction of sp³-hybridized carbons (Fsp3) is 0.0909. The zero-order valence-corrected chi connectivity index (χ0v) is 12.8. The Hall–Kier alpha value is -2.82. The molecule has 0 fully saturated rings. The van der Waals surface area contributed by atoms with Gasteiger partial charge in [0.05, 0.1) is 6.10 Å². The van der Waals surface area contributed by atoms with E-state index in [1.54, 1.807) is 0 Å². The van der Waals surface area contributed by atoms with Crippen LogP contribution in [0.5, 0.6) is 0 Å². The second-order valence-electron chi connectivity index (χ2n) is 5.41. The first-order valence-corrected chi connectivity index (χ1v) is 7.71. The highest BCUT2D eigenvalue weighted by atomic mass is 16.3. The maximum absolute atomic E-state index is 10.6. The van der Waals surface area contributed by atoms with Gasteiger partial charge in [0.15, 0.2) is 0 Å². The second-order valence-corrected chi connectivity index (χ2v) is 5.41. The van der Waals surface area contributed by atoms with Crippen LogP contribution in [0.3, 0.4) is 0 Å². The Morgan fingerprint density at radius 2 is 1.30 bits per heavy atom. The van der Waals surface area contributed by atoms with Crippen molar-refractivity contribution >= 4 is 0 Å². The van der Waals surface area contributed by atoms with Gasteiger partial charge in [0, 0.05) is 17.5 Å². The third kappa shape index (κ3) is 4.10. The molecule has 0 spiro atoms. The highest BCUT2D eigenvalue weighted by molar-refractivity contribution is 5.47. The molecule has 0 bridgehead atoms. The summed E-state index contributed by atoms with van der Waals surface area (Å²) in [5, 5.41) is 10.6. The second kappa shape index (κ2) is 7.45. The van der Waals surface area contributed by atoms with Crippen LogP contribution in [0, 0.1) is 11.8 Å². The molecule has 3 aromatic carbocycles. The van der Waals surface area contributed by atoms with Crippen molar-refractivity contribution in [2.45, 2.75) is 12.5 Å². The lowest BCUT2D eigenvalue weighted by Gasteiger charge is -2.13. The molecular weight excluding hydrogens is 280 g/mol. The van der Waals surface area contributed by atoms with Gasteiger partial charge in [-0.15, -0.1) is 0 Å². The van der Waals surface area contributed by atoms with Crippen LogP contribution in [0.15, 0.2) is 84.9 Å². The van der Waals surface area contributed by atoms with Gasteiger partial charge in [0.25, 0.3) is 0 Å². The van der Waals surface area contributed by atoms with E-state index >= 15 is 0 Å². The first kappa shape index (κ1) is 15.1. The smallest absolute Gasteiger partial charge is 0.0842 e. The molecule has 3 aromatic rings. The van der Waals surface area contributed by atoms with Crippen LogP contribution < -0.4 is 0 Å². The van der Waals surface area contributed by atoms with Gasteiger partial charge < -0.3 is 5.11 Å². The summed E-state index contributed by atoms with van der Waals surface area (Å²) in [6, 6.07) is 27.7. The van der Waals surface area contributed by atoms with E-state index < -0.39 is 6.10 Å². The molecule has 1 heteroatoms. The molecule has 0 saturated carbocycles.